The van der Waals surface area contributed by atoms with E-state index in [1.807, 2.05) is 22.9 Å². The van der Waals surface area contributed by atoms with Crippen molar-refractivity contribution in [3.8, 4) is 22.8 Å². The molecular formula is C21H25N3O5S. The molecule has 2 N–H and O–H groups in total. The summed E-state index contributed by atoms with van der Waals surface area (Å²) < 4.78 is 17.9. The molecule has 30 heavy (non-hydrogen) atoms. The van der Waals surface area contributed by atoms with E-state index in [1.165, 1.54) is 4.68 Å². The van der Waals surface area contributed by atoms with Gasteiger partial charge in [0.25, 0.3) is 5.91 Å². The van der Waals surface area contributed by atoms with Crippen LogP contribution in [0.15, 0.2) is 41.1 Å². The van der Waals surface area contributed by atoms with Gasteiger partial charge >= 0.3 is 0 Å². The summed E-state index contributed by atoms with van der Waals surface area (Å²) in [5.41, 5.74) is 2.69. The van der Waals surface area contributed by atoms with Crippen LogP contribution in [-0.4, -0.2) is 54.8 Å². The van der Waals surface area contributed by atoms with Crippen LogP contribution in [0.2, 0.25) is 0 Å². The van der Waals surface area contributed by atoms with E-state index >= 15 is 0 Å². The van der Waals surface area contributed by atoms with Crippen molar-refractivity contribution in [1.29, 1.82) is 0 Å². The molecule has 160 valence electrons. The number of hydrogen-bond donors (Lipinski definition) is 2. The van der Waals surface area contributed by atoms with Gasteiger partial charge < -0.3 is 24.6 Å². The third kappa shape index (κ3) is 4.99. The summed E-state index contributed by atoms with van der Waals surface area (Å²) >= 11 is 1.55. The van der Waals surface area contributed by atoms with Gasteiger partial charge in [-0.15, -0.1) is 0 Å². The Morgan fingerprint density at radius 3 is 2.77 bits per heavy atom. The number of amides is 1. The number of nitrogens with zero attached hydrogens (tertiary/aromatic N) is 2. The number of rotatable bonds is 10. The second kappa shape index (κ2) is 10.2. The molecule has 1 aromatic carbocycles. The lowest BCUT2D eigenvalue weighted by atomic mass is 10.1. The minimum absolute atomic E-state index is 0.0813. The number of carbonyl (C=O) groups is 1. The summed E-state index contributed by atoms with van der Waals surface area (Å²) in [6, 6.07) is 9.07. The number of thiophene rings is 1. The lowest BCUT2D eigenvalue weighted by molar-refractivity contribution is 0.0278. The second-order valence-electron chi connectivity index (χ2n) is 6.45. The van der Waals surface area contributed by atoms with Gasteiger partial charge in [-0.05, 0) is 46.7 Å². The van der Waals surface area contributed by atoms with Gasteiger partial charge in [0.05, 0.1) is 33.1 Å². The van der Waals surface area contributed by atoms with Gasteiger partial charge in [-0.3, -0.25) is 9.48 Å². The number of aliphatic hydroxyl groups is 1. The fourth-order valence-corrected chi connectivity index (χ4v) is 3.73. The summed E-state index contributed by atoms with van der Waals surface area (Å²) in [5, 5.41) is 20.3. The van der Waals surface area contributed by atoms with E-state index in [4.69, 9.17) is 19.3 Å². The highest BCUT2D eigenvalue weighted by Crippen LogP contribution is 2.33. The van der Waals surface area contributed by atoms with Gasteiger partial charge in [0.2, 0.25) is 0 Å². The number of carbonyl (C=O) groups excluding carboxylic acids is 1. The molecule has 0 fully saturated rings. The van der Waals surface area contributed by atoms with Crippen LogP contribution in [-0.2, 0) is 11.8 Å². The molecule has 0 spiro atoms. The third-order valence-electron chi connectivity index (χ3n) is 4.57. The summed E-state index contributed by atoms with van der Waals surface area (Å²) in [5.74, 6) is 1.03. The fraction of sp³-hybridized carbons (Fsp3) is 0.333. The van der Waals surface area contributed by atoms with E-state index in [2.05, 4.69) is 10.4 Å². The Bertz CT molecular complexity index is 971. The normalized spacial score (nSPS) is 11.9. The van der Waals surface area contributed by atoms with Crippen molar-refractivity contribution in [2.24, 2.45) is 7.05 Å². The van der Waals surface area contributed by atoms with Crippen molar-refractivity contribution in [2.45, 2.75) is 6.10 Å². The molecule has 0 bridgehead atoms. The number of aromatic nitrogens is 2. The van der Waals surface area contributed by atoms with E-state index in [-0.39, 0.29) is 31.8 Å². The molecule has 0 radical (unpaired) electrons. The smallest absolute Gasteiger partial charge is 0.269 e. The number of nitrogens with one attached hydrogen (secondary N) is 1. The standard InChI is InChI=1S/C21H25N3O5S/c1-24-18(11-17(23-24)16-10-15(27-2)4-5-19(16)28-3)21(26)22-12-20(29-8-7-25)14-6-9-30-13-14/h4-6,9-11,13,20,25H,7-8,12H2,1-3H3,(H,22,26)/t20-/m1/s1. The summed E-state index contributed by atoms with van der Waals surface area (Å²) in [4.78, 5) is 12.8. The molecule has 0 saturated carbocycles. The molecule has 3 rings (SSSR count). The van der Waals surface area contributed by atoms with Crippen molar-refractivity contribution in [1.82, 2.24) is 15.1 Å². The lowest BCUT2D eigenvalue weighted by Gasteiger charge is -2.17. The first kappa shape index (κ1) is 21.8. The van der Waals surface area contributed by atoms with Gasteiger partial charge in [0, 0.05) is 19.2 Å². The van der Waals surface area contributed by atoms with Crippen LogP contribution in [0, 0.1) is 0 Å². The Morgan fingerprint density at radius 1 is 1.27 bits per heavy atom. The Morgan fingerprint density at radius 2 is 2.10 bits per heavy atom. The number of ether oxygens (including phenoxy) is 3. The van der Waals surface area contributed by atoms with E-state index in [9.17, 15) is 4.79 Å². The lowest BCUT2D eigenvalue weighted by Crippen LogP contribution is -2.31. The van der Waals surface area contributed by atoms with Crippen LogP contribution in [0.3, 0.4) is 0 Å². The van der Waals surface area contributed by atoms with Gasteiger partial charge in [-0.25, -0.2) is 0 Å². The quantitative estimate of drug-likeness (QED) is 0.513. The van der Waals surface area contributed by atoms with Crippen LogP contribution in [0.25, 0.3) is 11.3 Å². The van der Waals surface area contributed by atoms with Crippen LogP contribution < -0.4 is 14.8 Å². The van der Waals surface area contributed by atoms with Crippen molar-refractivity contribution < 1.29 is 24.1 Å². The van der Waals surface area contributed by atoms with Gasteiger partial charge in [0.15, 0.2) is 0 Å². The van der Waals surface area contributed by atoms with Gasteiger partial charge in [0.1, 0.15) is 23.3 Å². The molecule has 0 aliphatic heterocycles. The molecule has 0 unspecified atom stereocenters. The summed E-state index contributed by atoms with van der Waals surface area (Å²) in [6.07, 6.45) is -0.335. The number of hydrogen-bond acceptors (Lipinski definition) is 7. The van der Waals surface area contributed by atoms with E-state index in [0.717, 1.165) is 11.1 Å². The van der Waals surface area contributed by atoms with Crippen molar-refractivity contribution in [3.05, 3.63) is 52.3 Å². The zero-order valence-electron chi connectivity index (χ0n) is 17.1. The first-order chi connectivity index (χ1) is 14.6. The summed E-state index contributed by atoms with van der Waals surface area (Å²) in [7, 11) is 4.88. The topological polar surface area (TPSA) is 94.8 Å². The minimum atomic E-state index is -0.335. The fourth-order valence-electron chi connectivity index (χ4n) is 3.03. The van der Waals surface area contributed by atoms with E-state index in [1.54, 1.807) is 50.8 Å². The van der Waals surface area contributed by atoms with Crippen molar-refractivity contribution in [2.75, 3.05) is 34.0 Å². The van der Waals surface area contributed by atoms with Crippen LogP contribution >= 0.6 is 11.3 Å². The van der Waals surface area contributed by atoms with E-state index in [0.29, 0.717) is 22.9 Å². The van der Waals surface area contributed by atoms with Crippen LogP contribution in [0.4, 0.5) is 0 Å². The highest BCUT2D eigenvalue weighted by Gasteiger charge is 2.19. The number of methoxy groups -OCH3 is 2. The zero-order valence-corrected chi connectivity index (χ0v) is 17.9. The molecule has 0 saturated heterocycles. The molecule has 0 aliphatic rings. The molecule has 3 aromatic rings. The molecule has 1 amide bonds. The minimum Gasteiger partial charge on any atom is -0.497 e. The molecule has 2 aromatic heterocycles. The Labute approximate surface area is 179 Å². The highest BCUT2D eigenvalue weighted by molar-refractivity contribution is 7.07. The van der Waals surface area contributed by atoms with Crippen LogP contribution in [0.1, 0.15) is 22.2 Å². The molecule has 0 aliphatic carbocycles. The van der Waals surface area contributed by atoms with E-state index < -0.39 is 0 Å². The molecule has 8 nitrogen and oxygen atoms in total. The predicted molar refractivity (Wildman–Crippen MR) is 114 cm³/mol. The summed E-state index contributed by atoms with van der Waals surface area (Å²) in [6.45, 7) is 0.391. The van der Waals surface area contributed by atoms with Gasteiger partial charge in [-0.1, -0.05) is 0 Å². The van der Waals surface area contributed by atoms with Crippen molar-refractivity contribution >= 4 is 17.2 Å². The number of benzene rings is 1. The number of aryl methyl sites for hydroxylation is 1. The predicted octanol–water partition coefficient (Wildman–Crippen LogP) is 2.65. The van der Waals surface area contributed by atoms with Crippen LogP contribution in [0.5, 0.6) is 11.5 Å². The SMILES string of the molecule is COc1ccc(OC)c(-c2cc(C(=O)NC[C@@H](OCCO)c3ccsc3)n(C)n2)c1. The maximum atomic E-state index is 12.8. The maximum absolute atomic E-state index is 12.8. The third-order valence-corrected chi connectivity index (χ3v) is 5.27. The number of aliphatic hydroxyl groups excluding tert-OH is 1. The molecular weight excluding hydrogens is 406 g/mol. The maximum Gasteiger partial charge on any atom is 0.269 e. The Kier molecular flexibility index (Phi) is 7.45. The highest BCUT2D eigenvalue weighted by atomic mass is 32.1. The average molecular weight is 432 g/mol. The first-order valence-corrected chi connectivity index (χ1v) is 10.3. The van der Waals surface area contributed by atoms with Gasteiger partial charge in [-0.2, -0.15) is 16.4 Å². The molecule has 9 heteroatoms. The largest absolute Gasteiger partial charge is 0.497 e. The Hall–Kier alpha value is -2.88. The molecule has 2 heterocycles. The van der Waals surface area contributed by atoms with Crippen molar-refractivity contribution in [3.63, 3.8) is 0 Å². The monoisotopic (exact) mass is 431 g/mol. The molecule has 1 atom stereocenters. The Balaban J connectivity index is 1.77. The average Bonchev–Trinajstić information content (AvgIpc) is 3.43. The first-order valence-electron chi connectivity index (χ1n) is 9.36. The zero-order chi connectivity index (χ0) is 21.5. The second-order valence-corrected chi connectivity index (χ2v) is 7.23.